The first-order valence-electron chi connectivity index (χ1n) is 6.69. The van der Waals surface area contributed by atoms with Crippen molar-refractivity contribution >= 4 is 0 Å². The lowest BCUT2D eigenvalue weighted by atomic mass is 9.92. The maximum atomic E-state index is 13.2. The van der Waals surface area contributed by atoms with E-state index in [2.05, 4.69) is 19.2 Å². The van der Waals surface area contributed by atoms with Gasteiger partial charge in [-0.05, 0) is 42.9 Å². The van der Waals surface area contributed by atoms with Crippen LogP contribution < -0.4 is 5.32 Å². The van der Waals surface area contributed by atoms with E-state index in [9.17, 15) is 9.50 Å². The first-order chi connectivity index (χ1) is 8.49. The zero-order valence-electron chi connectivity index (χ0n) is 11.3. The topological polar surface area (TPSA) is 32.3 Å². The van der Waals surface area contributed by atoms with Gasteiger partial charge in [0.05, 0.1) is 6.10 Å². The Morgan fingerprint density at radius 2 is 2.00 bits per heavy atom. The van der Waals surface area contributed by atoms with E-state index < -0.39 is 6.10 Å². The molecule has 0 bridgehead atoms. The standard InChI is InChI=1S/C15H22FNO/c1-9(2)14(17-12-5-6-12)15(18)11-4-7-13(16)10(3)8-11/h4,7-9,12,14-15,17-18H,5-6H2,1-3H3. The minimum atomic E-state index is -0.579. The summed E-state index contributed by atoms with van der Waals surface area (Å²) >= 11 is 0. The van der Waals surface area contributed by atoms with E-state index in [-0.39, 0.29) is 11.9 Å². The summed E-state index contributed by atoms with van der Waals surface area (Å²) in [5.74, 6) is 0.119. The third kappa shape index (κ3) is 3.09. The van der Waals surface area contributed by atoms with Crippen molar-refractivity contribution in [2.24, 2.45) is 5.92 Å². The zero-order chi connectivity index (χ0) is 13.3. The molecule has 0 spiro atoms. The Kier molecular flexibility index (Phi) is 4.03. The summed E-state index contributed by atoms with van der Waals surface area (Å²) in [4.78, 5) is 0. The first kappa shape index (κ1) is 13.5. The third-order valence-electron chi connectivity index (χ3n) is 3.59. The number of nitrogens with one attached hydrogen (secondary N) is 1. The van der Waals surface area contributed by atoms with Crippen LogP contribution in [0.5, 0.6) is 0 Å². The molecule has 1 aromatic carbocycles. The smallest absolute Gasteiger partial charge is 0.126 e. The molecule has 1 fully saturated rings. The fraction of sp³-hybridized carbons (Fsp3) is 0.600. The van der Waals surface area contributed by atoms with Gasteiger partial charge < -0.3 is 10.4 Å². The van der Waals surface area contributed by atoms with Crippen LogP contribution in [0, 0.1) is 18.7 Å². The summed E-state index contributed by atoms with van der Waals surface area (Å²) in [5, 5.41) is 13.9. The van der Waals surface area contributed by atoms with E-state index in [1.165, 1.54) is 18.9 Å². The van der Waals surface area contributed by atoms with Gasteiger partial charge in [0.25, 0.3) is 0 Å². The minimum Gasteiger partial charge on any atom is -0.387 e. The van der Waals surface area contributed by atoms with Crippen LogP contribution in [0.15, 0.2) is 18.2 Å². The lowest BCUT2D eigenvalue weighted by Crippen LogP contribution is -2.40. The molecule has 0 heterocycles. The minimum absolute atomic E-state index is 0.0300. The van der Waals surface area contributed by atoms with Crippen molar-refractivity contribution in [2.45, 2.75) is 51.8 Å². The van der Waals surface area contributed by atoms with Crippen LogP contribution in [0.4, 0.5) is 4.39 Å². The van der Waals surface area contributed by atoms with Gasteiger partial charge in [0.15, 0.2) is 0 Å². The van der Waals surface area contributed by atoms with Crippen LogP contribution in [-0.4, -0.2) is 17.2 Å². The largest absolute Gasteiger partial charge is 0.387 e. The average molecular weight is 251 g/mol. The Morgan fingerprint density at radius 3 is 2.50 bits per heavy atom. The molecular weight excluding hydrogens is 229 g/mol. The number of rotatable bonds is 5. The van der Waals surface area contributed by atoms with Crippen LogP contribution in [0.3, 0.4) is 0 Å². The van der Waals surface area contributed by atoms with Gasteiger partial charge in [-0.2, -0.15) is 0 Å². The number of hydrogen-bond acceptors (Lipinski definition) is 2. The Labute approximate surface area is 108 Å². The SMILES string of the molecule is Cc1cc(C(O)C(NC2CC2)C(C)C)ccc1F. The predicted molar refractivity (Wildman–Crippen MR) is 70.9 cm³/mol. The van der Waals surface area contributed by atoms with Crippen molar-refractivity contribution < 1.29 is 9.50 Å². The van der Waals surface area contributed by atoms with E-state index >= 15 is 0 Å². The molecular formula is C15H22FNO. The fourth-order valence-electron chi connectivity index (χ4n) is 2.23. The van der Waals surface area contributed by atoms with E-state index in [0.29, 0.717) is 17.5 Å². The number of aliphatic hydroxyl groups is 1. The molecule has 2 nitrogen and oxygen atoms in total. The monoisotopic (exact) mass is 251 g/mol. The highest BCUT2D eigenvalue weighted by atomic mass is 19.1. The van der Waals surface area contributed by atoms with E-state index in [4.69, 9.17) is 0 Å². The van der Waals surface area contributed by atoms with Crippen molar-refractivity contribution in [1.29, 1.82) is 0 Å². The van der Waals surface area contributed by atoms with E-state index in [0.717, 1.165) is 5.56 Å². The van der Waals surface area contributed by atoms with E-state index in [1.807, 2.05) is 0 Å². The highest BCUT2D eigenvalue weighted by Gasteiger charge is 2.31. The summed E-state index contributed by atoms with van der Waals surface area (Å²) in [6.45, 7) is 5.92. The molecule has 2 unspecified atom stereocenters. The quantitative estimate of drug-likeness (QED) is 0.843. The van der Waals surface area contributed by atoms with Crippen molar-refractivity contribution in [1.82, 2.24) is 5.32 Å². The summed E-state index contributed by atoms with van der Waals surface area (Å²) in [6.07, 6.45) is 1.81. The van der Waals surface area contributed by atoms with Gasteiger partial charge in [-0.25, -0.2) is 4.39 Å². The third-order valence-corrected chi connectivity index (χ3v) is 3.59. The van der Waals surface area contributed by atoms with Gasteiger partial charge in [-0.15, -0.1) is 0 Å². The second-order valence-electron chi connectivity index (χ2n) is 5.66. The molecule has 2 atom stereocenters. The molecule has 3 heteroatoms. The first-order valence-corrected chi connectivity index (χ1v) is 6.69. The van der Waals surface area contributed by atoms with Gasteiger partial charge in [-0.3, -0.25) is 0 Å². The summed E-state index contributed by atoms with van der Waals surface area (Å²) < 4.78 is 13.2. The zero-order valence-corrected chi connectivity index (χ0v) is 11.3. The van der Waals surface area contributed by atoms with Crippen LogP contribution in [0.2, 0.25) is 0 Å². The van der Waals surface area contributed by atoms with Gasteiger partial charge in [-0.1, -0.05) is 26.0 Å². The molecule has 0 saturated heterocycles. The molecule has 0 radical (unpaired) electrons. The molecule has 0 amide bonds. The number of aryl methyl sites for hydroxylation is 1. The van der Waals surface area contributed by atoms with Crippen LogP contribution in [0.1, 0.15) is 43.9 Å². The number of benzene rings is 1. The molecule has 1 aliphatic carbocycles. The average Bonchev–Trinajstić information content (AvgIpc) is 3.12. The number of aliphatic hydroxyl groups excluding tert-OH is 1. The lowest BCUT2D eigenvalue weighted by Gasteiger charge is -2.28. The molecule has 1 aromatic rings. The van der Waals surface area contributed by atoms with Gasteiger partial charge in [0.2, 0.25) is 0 Å². The molecule has 0 aromatic heterocycles. The Bertz CT molecular complexity index is 415. The van der Waals surface area contributed by atoms with Crippen LogP contribution in [0.25, 0.3) is 0 Å². The molecule has 2 rings (SSSR count). The molecule has 1 saturated carbocycles. The van der Waals surface area contributed by atoms with Gasteiger partial charge in [0.1, 0.15) is 5.82 Å². The van der Waals surface area contributed by atoms with Gasteiger partial charge >= 0.3 is 0 Å². The highest BCUT2D eigenvalue weighted by molar-refractivity contribution is 5.26. The summed E-state index contributed by atoms with van der Waals surface area (Å²) in [7, 11) is 0. The van der Waals surface area contributed by atoms with Crippen LogP contribution in [-0.2, 0) is 0 Å². The predicted octanol–water partition coefficient (Wildman–Crippen LogP) is 2.94. The molecule has 1 aliphatic rings. The fourth-order valence-corrected chi connectivity index (χ4v) is 2.23. The Balaban J connectivity index is 2.15. The van der Waals surface area contributed by atoms with Gasteiger partial charge in [0, 0.05) is 12.1 Å². The molecule has 100 valence electrons. The number of hydrogen-bond donors (Lipinski definition) is 2. The second-order valence-corrected chi connectivity index (χ2v) is 5.66. The van der Waals surface area contributed by atoms with Crippen molar-refractivity contribution in [3.63, 3.8) is 0 Å². The maximum Gasteiger partial charge on any atom is 0.126 e. The summed E-state index contributed by atoms with van der Waals surface area (Å²) in [6, 6.07) is 5.43. The molecule has 2 N–H and O–H groups in total. The van der Waals surface area contributed by atoms with Crippen molar-refractivity contribution in [3.8, 4) is 0 Å². The summed E-state index contributed by atoms with van der Waals surface area (Å²) in [5.41, 5.74) is 1.38. The molecule has 18 heavy (non-hydrogen) atoms. The molecule has 0 aliphatic heterocycles. The van der Waals surface area contributed by atoms with Crippen molar-refractivity contribution in [3.05, 3.63) is 35.1 Å². The normalized spacial score (nSPS) is 19.0. The van der Waals surface area contributed by atoms with Crippen LogP contribution >= 0.6 is 0 Å². The number of halogens is 1. The second kappa shape index (κ2) is 5.37. The van der Waals surface area contributed by atoms with E-state index in [1.54, 1.807) is 19.1 Å². The lowest BCUT2D eigenvalue weighted by molar-refractivity contribution is 0.104. The highest BCUT2D eigenvalue weighted by Crippen LogP contribution is 2.28. The van der Waals surface area contributed by atoms with Crippen molar-refractivity contribution in [2.75, 3.05) is 0 Å². The Morgan fingerprint density at radius 1 is 1.33 bits per heavy atom. The Hall–Kier alpha value is -0.930. The maximum absolute atomic E-state index is 13.2.